The second-order valence-electron chi connectivity index (χ2n) is 5.52. The lowest BCUT2D eigenvalue weighted by Crippen LogP contribution is -2.15. The highest BCUT2D eigenvalue weighted by atomic mass is 16.5. The van der Waals surface area contributed by atoms with E-state index in [0.29, 0.717) is 17.3 Å². The van der Waals surface area contributed by atoms with Gasteiger partial charge in [0.15, 0.2) is 0 Å². The van der Waals surface area contributed by atoms with E-state index in [0.717, 1.165) is 6.42 Å². The van der Waals surface area contributed by atoms with E-state index in [9.17, 15) is 0 Å². The molecule has 0 bridgehead atoms. The quantitative estimate of drug-likeness (QED) is 0.652. The van der Waals surface area contributed by atoms with Crippen molar-refractivity contribution in [1.82, 2.24) is 9.97 Å². The summed E-state index contributed by atoms with van der Waals surface area (Å²) in [5.41, 5.74) is 7.09. The first-order valence-electron chi connectivity index (χ1n) is 6.87. The summed E-state index contributed by atoms with van der Waals surface area (Å²) in [6.45, 7) is 6.61. The average molecular weight is 284 g/mol. The Labute approximate surface area is 124 Å². The van der Waals surface area contributed by atoms with Gasteiger partial charge in [-0.25, -0.2) is 9.97 Å². The molecule has 0 aliphatic rings. The molecule has 1 heterocycles. The van der Waals surface area contributed by atoms with Crippen LogP contribution in [-0.2, 0) is 5.41 Å². The molecule has 0 unspecified atom stereocenters. The minimum absolute atomic E-state index is 0.111. The van der Waals surface area contributed by atoms with E-state index < -0.39 is 0 Å². The first kappa shape index (κ1) is 15.0. The van der Waals surface area contributed by atoms with Crippen molar-refractivity contribution in [3.8, 4) is 11.6 Å². The standard InChI is InChI=1S/C16H20N4O/c1-4-16(2,3)11-5-7-12(8-6-11)21-14-10-19-13(9-20-14)15(17)18/h5-10H,4H2,1-3H3,(H3,17,18). The molecule has 2 aromatic rings. The second-order valence-corrected chi connectivity index (χ2v) is 5.52. The minimum atomic E-state index is -0.111. The molecule has 0 saturated carbocycles. The largest absolute Gasteiger partial charge is 0.438 e. The lowest BCUT2D eigenvalue weighted by molar-refractivity contribution is 0.457. The maximum atomic E-state index is 7.26. The van der Waals surface area contributed by atoms with Gasteiger partial charge < -0.3 is 10.5 Å². The van der Waals surface area contributed by atoms with E-state index in [-0.39, 0.29) is 11.3 Å². The molecule has 0 saturated heterocycles. The molecule has 1 aromatic heterocycles. The van der Waals surface area contributed by atoms with Crippen molar-refractivity contribution in [2.24, 2.45) is 5.73 Å². The van der Waals surface area contributed by atoms with Gasteiger partial charge in [0, 0.05) is 0 Å². The molecule has 0 aliphatic carbocycles. The van der Waals surface area contributed by atoms with Crippen LogP contribution in [0.25, 0.3) is 0 Å². The molecule has 21 heavy (non-hydrogen) atoms. The van der Waals surface area contributed by atoms with Gasteiger partial charge in [-0.3, -0.25) is 5.41 Å². The van der Waals surface area contributed by atoms with Gasteiger partial charge in [-0.15, -0.1) is 0 Å². The molecule has 0 amide bonds. The average Bonchev–Trinajstić information content (AvgIpc) is 2.48. The molecule has 0 radical (unpaired) electrons. The number of rotatable bonds is 5. The van der Waals surface area contributed by atoms with E-state index in [4.69, 9.17) is 15.9 Å². The number of hydrogen-bond donors (Lipinski definition) is 2. The molecule has 5 nitrogen and oxygen atoms in total. The van der Waals surface area contributed by atoms with Crippen molar-refractivity contribution >= 4 is 5.84 Å². The van der Waals surface area contributed by atoms with Gasteiger partial charge in [-0.05, 0) is 29.5 Å². The van der Waals surface area contributed by atoms with E-state index in [1.807, 2.05) is 12.1 Å². The number of ether oxygens (including phenoxy) is 1. The van der Waals surface area contributed by atoms with Crippen LogP contribution in [0.2, 0.25) is 0 Å². The van der Waals surface area contributed by atoms with Crippen LogP contribution in [0.1, 0.15) is 38.4 Å². The summed E-state index contributed by atoms with van der Waals surface area (Å²) in [7, 11) is 0. The molecule has 2 rings (SSSR count). The van der Waals surface area contributed by atoms with Crippen molar-refractivity contribution < 1.29 is 4.74 Å². The third-order valence-electron chi connectivity index (χ3n) is 3.65. The van der Waals surface area contributed by atoms with Gasteiger partial charge in [-0.2, -0.15) is 0 Å². The van der Waals surface area contributed by atoms with Crippen molar-refractivity contribution in [2.45, 2.75) is 32.6 Å². The fraction of sp³-hybridized carbons (Fsp3) is 0.312. The van der Waals surface area contributed by atoms with Crippen molar-refractivity contribution in [1.29, 1.82) is 5.41 Å². The first-order chi connectivity index (χ1) is 9.92. The number of nitrogen functional groups attached to an aromatic ring is 1. The summed E-state index contributed by atoms with van der Waals surface area (Å²) in [4.78, 5) is 8.08. The summed E-state index contributed by atoms with van der Waals surface area (Å²) in [5, 5.41) is 7.26. The van der Waals surface area contributed by atoms with Gasteiger partial charge in [-0.1, -0.05) is 32.9 Å². The highest BCUT2D eigenvalue weighted by molar-refractivity contribution is 5.92. The second kappa shape index (κ2) is 5.91. The van der Waals surface area contributed by atoms with Gasteiger partial charge in [0.2, 0.25) is 5.88 Å². The Morgan fingerprint density at radius 3 is 2.33 bits per heavy atom. The molecule has 0 spiro atoms. The van der Waals surface area contributed by atoms with Crippen LogP contribution in [0, 0.1) is 5.41 Å². The minimum Gasteiger partial charge on any atom is -0.438 e. The number of benzene rings is 1. The number of nitrogens with one attached hydrogen (secondary N) is 1. The maximum Gasteiger partial charge on any atom is 0.237 e. The summed E-state index contributed by atoms with van der Waals surface area (Å²) < 4.78 is 5.63. The highest BCUT2D eigenvalue weighted by Gasteiger charge is 2.17. The Bertz CT molecular complexity index is 618. The molecule has 0 atom stereocenters. The molecule has 3 N–H and O–H groups in total. The summed E-state index contributed by atoms with van der Waals surface area (Å²) in [6.07, 6.45) is 3.96. The van der Waals surface area contributed by atoms with Gasteiger partial charge in [0.25, 0.3) is 0 Å². The highest BCUT2D eigenvalue weighted by Crippen LogP contribution is 2.29. The smallest absolute Gasteiger partial charge is 0.237 e. The van der Waals surface area contributed by atoms with Crippen LogP contribution in [0.4, 0.5) is 0 Å². The molecule has 5 heteroatoms. The van der Waals surface area contributed by atoms with E-state index in [2.05, 4.69) is 42.9 Å². The number of amidine groups is 1. The number of nitrogens with two attached hydrogens (primary N) is 1. The molecule has 0 fully saturated rings. The predicted molar refractivity (Wildman–Crippen MR) is 82.9 cm³/mol. The van der Waals surface area contributed by atoms with Gasteiger partial charge in [0.1, 0.15) is 17.3 Å². The Balaban J connectivity index is 2.11. The number of hydrogen-bond acceptors (Lipinski definition) is 4. The SMILES string of the molecule is CCC(C)(C)c1ccc(Oc2cnc(C(=N)N)cn2)cc1. The van der Waals surface area contributed by atoms with Crippen LogP contribution in [-0.4, -0.2) is 15.8 Å². The zero-order valence-corrected chi connectivity index (χ0v) is 12.6. The lowest BCUT2D eigenvalue weighted by Gasteiger charge is -2.23. The van der Waals surface area contributed by atoms with Gasteiger partial charge >= 0.3 is 0 Å². The topological polar surface area (TPSA) is 84.9 Å². The number of aromatic nitrogens is 2. The maximum absolute atomic E-state index is 7.26. The monoisotopic (exact) mass is 284 g/mol. The van der Waals surface area contributed by atoms with E-state index in [1.165, 1.54) is 18.0 Å². The van der Waals surface area contributed by atoms with Crippen molar-refractivity contribution in [3.05, 3.63) is 47.9 Å². The summed E-state index contributed by atoms with van der Waals surface area (Å²) in [6, 6.07) is 7.98. The fourth-order valence-corrected chi connectivity index (χ4v) is 1.81. The Hall–Kier alpha value is -2.43. The zero-order chi connectivity index (χ0) is 15.5. The third kappa shape index (κ3) is 3.56. The molecular weight excluding hydrogens is 264 g/mol. The predicted octanol–water partition coefficient (Wildman–Crippen LogP) is 3.24. The van der Waals surface area contributed by atoms with Crippen LogP contribution in [0.3, 0.4) is 0 Å². The lowest BCUT2D eigenvalue weighted by atomic mass is 9.82. The van der Waals surface area contributed by atoms with Crippen LogP contribution >= 0.6 is 0 Å². The Morgan fingerprint density at radius 2 is 1.86 bits per heavy atom. The molecular formula is C16H20N4O. The molecule has 1 aromatic carbocycles. The fourth-order valence-electron chi connectivity index (χ4n) is 1.81. The zero-order valence-electron chi connectivity index (χ0n) is 12.6. The van der Waals surface area contributed by atoms with Crippen molar-refractivity contribution in [2.75, 3.05) is 0 Å². The molecule has 110 valence electrons. The summed E-state index contributed by atoms with van der Waals surface area (Å²) >= 11 is 0. The van der Waals surface area contributed by atoms with E-state index in [1.54, 1.807) is 0 Å². The third-order valence-corrected chi connectivity index (χ3v) is 3.65. The first-order valence-corrected chi connectivity index (χ1v) is 6.87. The van der Waals surface area contributed by atoms with Crippen molar-refractivity contribution in [3.63, 3.8) is 0 Å². The Kier molecular flexibility index (Phi) is 4.21. The van der Waals surface area contributed by atoms with Crippen LogP contribution in [0.5, 0.6) is 11.6 Å². The molecule has 0 aliphatic heterocycles. The van der Waals surface area contributed by atoms with Gasteiger partial charge in [0.05, 0.1) is 12.4 Å². The van der Waals surface area contributed by atoms with E-state index >= 15 is 0 Å². The normalized spacial score (nSPS) is 11.2. The Morgan fingerprint density at radius 1 is 1.19 bits per heavy atom. The van der Waals surface area contributed by atoms with Crippen LogP contribution in [0.15, 0.2) is 36.7 Å². The van der Waals surface area contributed by atoms with Crippen LogP contribution < -0.4 is 10.5 Å². The number of nitrogens with zero attached hydrogens (tertiary/aromatic N) is 2. The summed E-state index contributed by atoms with van der Waals surface area (Å²) in [5.74, 6) is 0.971.